The molecule has 2 aromatic carbocycles. The first-order valence-corrected chi connectivity index (χ1v) is 8.25. The van der Waals surface area contributed by atoms with Crippen LogP contribution in [-0.2, 0) is 6.42 Å². The van der Waals surface area contributed by atoms with Crippen LogP contribution in [-0.4, -0.2) is 16.8 Å². The largest absolute Gasteiger partial charge is 0.490 e. The second kappa shape index (κ2) is 5.70. The van der Waals surface area contributed by atoms with Gasteiger partial charge in [-0.05, 0) is 35.9 Å². The Balaban J connectivity index is 1.71. The van der Waals surface area contributed by atoms with Crippen LogP contribution in [0.1, 0.15) is 11.1 Å². The monoisotopic (exact) mass is 366 g/mol. The van der Waals surface area contributed by atoms with Crippen LogP contribution in [0.5, 0.6) is 5.75 Å². The average Bonchev–Trinajstić information content (AvgIpc) is 3.12. The zero-order chi connectivity index (χ0) is 15.8. The van der Waals surface area contributed by atoms with Gasteiger partial charge in [0.15, 0.2) is 0 Å². The number of aromatic nitrogens is 2. The van der Waals surface area contributed by atoms with Crippen molar-refractivity contribution in [1.29, 1.82) is 0 Å². The summed E-state index contributed by atoms with van der Waals surface area (Å²) in [6.45, 7) is 4.21. The second-order valence-electron chi connectivity index (χ2n) is 5.53. The highest BCUT2D eigenvalue weighted by Crippen LogP contribution is 2.41. The fourth-order valence-electron chi connectivity index (χ4n) is 3.00. The summed E-state index contributed by atoms with van der Waals surface area (Å²) >= 11 is 3.47. The van der Waals surface area contributed by atoms with Gasteiger partial charge in [0.1, 0.15) is 12.4 Å². The molecule has 0 spiro atoms. The molecule has 0 fully saturated rings. The molecule has 23 heavy (non-hydrogen) atoms. The Hall–Kier alpha value is -2.33. The number of nitrogens with one attached hydrogen (secondary N) is 1. The molecule has 0 atom stereocenters. The molecule has 4 heteroatoms. The van der Waals surface area contributed by atoms with Gasteiger partial charge in [-0.15, -0.1) is 0 Å². The lowest BCUT2D eigenvalue weighted by molar-refractivity contribution is 0.363. The third-order valence-corrected chi connectivity index (χ3v) is 4.59. The van der Waals surface area contributed by atoms with Crippen LogP contribution >= 0.6 is 15.9 Å². The van der Waals surface area contributed by atoms with Crippen molar-refractivity contribution in [1.82, 2.24) is 10.2 Å². The summed E-state index contributed by atoms with van der Waals surface area (Å²) in [6, 6.07) is 14.5. The molecule has 1 aromatic heterocycles. The summed E-state index contributed by atoms with van der Waals surface area (Å²) in [6.07, 6.45) is 2.63. The molecule has 0 saturated carbocycles. The first-order valence-electron chi connectivity index (χ1n) is 7.46. The SMILES string of the molecule is C=CCOc1ccc2c(c1)Cc1c(-c3ccc(Br)cc3)n[nH]c1-2. The third kappa shape index (κ3) is 2.49. The van der Waals surface area contributed by atoms with Crippen LogP contribution in [0.4, 0.5) is 0 Å². The lowest BCUT2D eigenvalue weighted by atomic mass is 10.1. The lowest BCUT2D eigenvalue weighted by Crippen LogP contribution is -1.94. The molecule has 1 N–H and O–H groups in total. The third-order valence-electron chi connectivity index (χ3n) is 4.07. The quantitative estimate of drug-likeness (QED) is 0.517. The fraction of sp³-hybridized carbons (Fsp3) is 0.105. The van der Waals surface area contributed by atoms with Gasteiger partial charge >= 0.3 is 0 Å². The van der Waals surface area contributed by atoms with Crippen molar-refractivity contribution in [3.8, 4) is 28.3 Å². The van der Waals surface area contributed by atoms with Crippen molar-refractivity contribution in [3.05, 3.63) is 70.7 Å². The van der Waals surface area contributed by atoms with E-state index in [4.69, 9.17) is 4.74 Å². The number of hydrogen-bond acceptors (Lipinski definition) is 2. The van der Waals surface area contributed by atoms with Gasteiger partial charge < -0.3 is 4.74 Å². The number of aromatic amines is 1. The lowest BCUT2D eigenvalue weighted by Gasteiger charge is -2.06. The van der Waals surface area contributed by atoms with Gasteiger partial charge in [0.05, 0.1) is 11.4 Å². The Bertz CT molecular complexity index is 881. The zero-order valence-corrected chi connectivity index (χ0v) is 14.1. The Labute approximate surface area is 143 Å². The van der Waals surface area contributed by atoms with E-state index >= 15 is 0 Å². The maximum absolute atomic E-state index is 5.63. The molecule has 1 aliphatic rings. The minimum atomic E-state index is 0.524. The molecule has 0 radical (unpaired) electrons. The summed E-state index contributed by atoms with van der Waals surface area (Å²) in [5.41, 5.74) is 7.01. The molecule has 4 rings (SSSR count). The van der Waals surface area contributed by atoms with Crippen LogP contribution in [0.2, 0.25) is 0 Å². The second-order valence-corrected chi connectivity index (χ2v) is 6.44. The number of benzene rings is 2. The van der Waals surface area contributed by atoms with E-state index in [0.29, 0.717) is 6.61 Å². The number of nitrogens with zero attached hydrogens (tertiary/aromatic N) is 1. The standard InChI is InChI=1S/C19H15BrN2O/c1-2-9-23-15-7-8-16-13(10-15)11-17-18(21-22-19(16)17)12-3-5-14(20)6-4-12/h2-8,10H,1,9,11H2,(H,21,22). The first kappa shape index (κ1) is 14.3. The minimum Gasteiger partial charge on any atom is -0.490 e. The molecule has 0 bridgehead atoms. The number of H-pyrrole nitrogens is 1. The molecule has 1 aliphatic carbocycles. The van der Waals surface area contributed by atoms with E-state index < -0.39 is 0 Å². The highest BCUT2D eigenvalue weighted by atomic mass is 79.9. The smallest absolute Gasteiger partial charge is 0.120 e. The molecule has 0 saturated heterocycles. The van der Waals surface area contributed by atoms with Crippen molar-refractivity contribution in [3.63, 3.8) is 0 Å². The van der Waals surface area contributed by atoms with Crippen LogP contribution < -0.4 is 4.74 Å². The number of ether oxygens (including phenoxy) is 1. The molecule has 1 heterocycles. The van der Waals surface area contributed by atoms with E-state index in [2.05, 4.69) is 57.0 Å². The molecule has 0 aliphatic heterocycles. The highest BCUT2D eigenvalue weighted by Gasteiger charge is 2.25. The highest BCUT2D eigenvalue weighted by molar-refractivity contribution is 9.10. The van der Waals surface area contributed by atoms with Crippen LogP contribution in [0.3, 0.4) is 0 Å². The fourth-order valence-corrected chi connectivity index (χ4v) is 3.27. The van der Waals surface area contributed by atoms with Crippen molar-refractivity contribution >= 4 is 15.9 Å². The van der Waals surface area contributed by atoms with Crippen LogP contribution in [0, 0.1) is 0 Å². The van der Waals surface area contributed by atoms with Gasteiger partial charge in [0, 0.05) is 27.6 Å². The Morgan fingerprint density at radius 3 is 2.83 bits per heavy atom. The van der Waals surface area contributed by atoms with Gasteiger partial charge in [0.2, 0.25) is 0 Å². The first-order chi connectivity index (χ1) is 11.3. The summed E-state index contributed by atoms with van der Waals surface area (Å²) in [7, 11) is 0. The number of halogens is 1. The van der Waals surface area contributed by atoms with Gasteiger partial charge in [-0.3, -0.25) is 5.10 Å². The number of fused-ring (bicyclic) bond motifs is 3. The molecular formula is C19H15BrN2O. The Kier molecular flexibility index (Phi) is 3.54. The zero-order valence-electron chi connectivity index (χ0n) is 12.5. The molecule has 114 valence electrons. The molecule has 3 nitrogen and oxygen atoms in total. The van der Waals surface area contributed by atoms with Crippen molar-refractivity contribution in [2.45, 2.75) is 6.42 Å². The van der Waals surface area contributed by atoms with E-state index in [-0.39, 0.29) is 0 Å². The molecule has 3 aromatic rings. The maximum atomic E-state index is 5.63. The normalized spacial score (nSPS) is 11.9. The van der Waals surface area contributed by atoms with Crippen LogP contribution in [0.25, 0.3) is 22.5 Å². The summed E-state index contributed by atoms with van der Waals surface area (Å²) in [5, 5.41) is 7.72. The van der Waals surface area contributed by atoms with E-state index in [0.717, 1.165) is 33.6 Å². The summed E-state index contributed by atoms with van der Waals surface area (Å²) in [5.74, 6) is 0.881. The van der Waals surface area contributed by atoms with Gasteiger partial charge in [-0.25, -0.2) is 0 Å². The van der Waals surface area contributed by atoms with Gasteiger partial charge in [0.25, 0.3) is 0 Å². The Morgan fingerprint density at radius 1 is 1.22 bits per heavy atom. The van der Waals surface area contributed by atoms with Crippen LogP contribution in [0.15, 0.2) is 59.6 Å². The minimum absolute atomic E-state index is 0.524. The molecule has 0 unspecified atom stereocenters. The predicted octanol–water partition coefficient (Wildman–Crippen LogP) is 4.98. The summed E-state index contributed by atoms with van der Waals surface area (Å²) in [4.78, 5) is 0. The van der Waals surface area contributed by atoms with Crippen molar-refractivity contribution in [2.24, 2.45) is 0 Å². The molecular weight excluding hydrogens is 352 g/mol. The van der Waals surface area contributed by atoms with Crippen molar-refractivity contribution in [2.75, 3.05) is 6.61 Å². The Morgan fingerprint density at radius 2 is 2.04 bits per heavy atom. The topological polar surface area (TPSA) is 37.9 Å². The molecule has 0 amide bonds. The number of hydrogen-bond donors (Lipinski definition) is 1. The van der Waals surface area contributed by atoms with Gasteiger partial charge in [-0.2, -0.15) is 5.10 Å². The van der Waals surface area contributed by atoms with E-state index in [1.54, 1.807) is 6.08 Å². The van der Waals surface area contributed by atoms with E-state index in [9.17, 15) is 0 Å². The summed E-state index contributed by atoms with van der Waals surface area (Å²) < 4.78 is 6.70. The van der Waals surface area contributed by atoms with E-state index in [1.807, 2.05) is 18.2 Å². The van der Waals surface area contributed by atoms with Gasteiger partial charge in [-0.1, -0.05) is 40.7 Å². The average molecular weight is 367 g/mol. The van der Waals surface area contributed by atoms with Crippen molar-refractivity contribution < 1.29 is 4.74 Å². The number of rotatable bonds is 4. The maximum Gasteiger partial charge on any atom is 0.120 e. The predicted molar refractivity (Wildman–Crippen MR) is 95.7 cm³/mol. The van der Waals surface area contributed by atoms with E-state index in [1.165, 1.54) is 16.7 Å².